The van der Waals surface area contributed by atoms with Crippen LogP contribution in [0.1, 0.15) is 27.3 Å². The van der Waals surface area contributed by atoms with Crippen LogP contribution in [-0.4, -0.2) is 21.6 Å². The molecule has 0 radical (unpaired) electrons. The number of hydrogen-bond acceptors (Lipinski definition) is 4. The van der Waals surface area contributed by atoms with Gasteiger partial charge in [0.25, 0.3) is 11.6 Å². The lowest BCUT2D eigenvalue weighted by molar-refractivity contribution is -0.384. The van der Waals surface area contributed by atoms with Crippen LogP contribution in [0.2, 0.25) is 5.02 Å². The van der Waals surface area contributed by atoms with Crippen LogP contribution in [0.5, 0.6) is 0 Å². The van der Waals surface area contributed by atoms with Gasteiger partial charge < -0.3 is 4.57 Å². The number of nitrogens with one attached hydrogen (secondary N) is 1. The maximum absolute atomic E-state index is 12.2. The van der Waals surface area contributed by atoms with E-state index in [-0.39, 0.29) is 16.6 Å². The normalized spacial score (nSPS) is 11.0. The Balaban J connectivity index is 1.67. The minimum Gasteiger partial charge on any atom is -0.319 e. The van der Waals surface area contributed by atoms with Gasteiger partial charge in [-0.2, -0.15) is 5.10 Å². The monoisotopic (exact) mass is 396 g/mol. The molecule has 2 aromatic carbocycles. The van der Waals surface area contributed by atoms with Crippen molar-refractivity contribution >= 4 is 29.4 Å². The summed E-state index contributed by atoms with van der Waals surface area (Å²) >= 11 is 5.85. The number of rotatable bonds is 5. The zero-order valence-corrected chi connectivity index (χ0v) is 16.0. The maximum atomic E-state index is 12.2. The molecule has 1 heterocycles. The summed E-state index contributed by atoms with van der Waals surface area (Å²) in [5, 5.41) is 14.6. The Morgan fingerprint density at radius 1 is 1.11 bits per heavy atom. The van der Waals surface area contributed by atoms with Gasteiger partial charge in [0.1, 0.15) is 5.02 Å². The third-order valence-corrected chi connectivity index (χ3v) is 4.51. The van der Waals surface area contributed by atoms with Crippen LogP contribution in [0.3, 0.4) is 0 Å². The molecule has 8 heteroatoms. The molecule has 0 saturated carbocycles. The van der Waals surface area contributed by atoms with Crippen molar-refractivity contribution < 1.29 is 9.72 Å². The predicted octanol–water partition coefficient (Wildman–Crippen LogP) is 4.42. The molecule has 0 fully saturated rings. The standard InChI is InChI=1S/C20H17ClN4O3/c1-13-3-4-14(2)24(13)17-8-6-16(7-9-17)20(26)23-22-12-15-5-10-19(25(27)28)18(21)11-15/h3-12H,1-2H3,(H,23,26). The van der Waals surface area contributed by atoms with Gasteiger partial charge in [-0.1, -0.05) is 11.6 Å². The largest absolute Gasteiger partial charge is 0.319 e. The Labute approximate surface area is 166 Å². The number of amides is 1. The molecule has 0 unspecified atom stereocenters. The zero-order valence-electron chi connectivity index (χ0n) is 15.2. The van der Waals surface area contributed by atoms with Crippen molar-refractivity contribution in [2.75, 3.05) is 0 Å². The fourth-order valence-corrected chi connectivity index (χ4v) is 3.08. The van der Waals surface area contributed by atoms with Gasteiger partial charge in [-0.15, -0.1) is 0 Å². The first-order valence-corrected chi connectivity index (χ1v) is 8.77. The van der Waals surface area contributed by atoms with E-state index in [1.165, 1.54) is 24.4 Å². The Morgan fingerprint density at radius 3 is 2.32 bits per heavy atom. The van der Waals surface area contributed by atoms with Crippen molar-refractivity contribution in [2.45, 2.75) is 13.8 Å². The summed E-state index contributed by atoms with van der Waals surface area (Å²) in [5.74, 6) is -0.364. The molecule has 3 aromatic rings. The number of aromatic nitrogens is 1. The second-order valence-electron chi connectivity index (χ2n) is 6.17. The molecule has 1 amide bonds. The van der Waals surface area contributed by atoms with Crippen LogP contribution in [0.25, 0.3) is 5.69 Å². The molecule has 1 N–H and O–H groups in total. The summed E-state index contributed by atoms with van der Waals surface area (Å²) in [4.78, 5) is 22.4. The third kappa shape index (κ3) is 4.10. The Bertz CT molecular complexity index is 1050. The Morgan fingerprint density at radius 2 is 1.75 bits per heavy atom. The number of carbonyl (C=O) groups excluding carboxylic acids is 1. The van der Waals surface area contributed by atoms with Gasteiger partial charge >= 0.3 is 0 Å². The first-order valence-electron chi connectivity index (χ1n) is 8.39. The van der Waals surface area contributed by atoms with Crippen molar-refractivity contribution in [1.29, 1.82) is 0 Å². The molecule has 1 aromatic heterocycles. The van der Waals surface area contributed by atoms with Crippen molar-refractivity contribution in [2.24, 2.45) is 5.10 Å². The molecule has 0 bridgehead atoms. The first-order chi connectivity index (χ1) is 13.4. The number of benzene rings is 2. The van der Waals surface area contributed by atoms with E-state index in [0.717, 1.165) is 17.1 Å². The fraction of sp³-hybridized carbons (Fsp3) is 0.100. The van der Waals surface area contributed by atoms with E-state index in [0.29, 0.717) is 11.1 Å². The predicted molar refractivity (Wildman–Crippen MR) is 108 cm³/mol. The Kier molecular flexibility index (Phi) is 5.56. The number of hydrazone groups is 1. The lowest BCUT2D eigenvalue weighted by atomic mass is 10.2. The second-order valence-corrected chi connectivity index (χ2v) is 6.57. The summed E-state index contributed by atoms with van der Waals surface area (Å²) in [7, 11) is 0. The van der Waals surface area contributed by atoms with E-state index < -0.39 is 4.92 Å². The van der Waals surface area contributed by atoms with Gasteiger partial charge in [-0.05, 0) is 67.9 Å². The topological polar surface area (TPSA) is 89.5 Å². The van der Waals surface area contributed by atoms with Crippen molar-refractivity contribution in [3.63, 3.8) is 0 Å². The highest BCUT2D eigenvalue weighted by Crippen LogP contribution is 2.24. The van der Waals surface area contributed by atoms with E-state index in [1.807, 2.05) is 38.1 Å². The van der Waals surface area contributed by atoms with E-state index in [2.05, 4.69) is 15.1 Å². The molecule has 0 aliphatic carbocycles. The summed E-state index contributed by atoms with van der Waals surface area (Å²) in [6.07, 6.45) is 1.37. The molecule has 0 aliphatic rings. The summed E-state index contributed by atoms with van der Waals surface area (Å²) in [5.41, 5.74) is 6.44. The average molecular weight is 397 g/mol. The Hall–Kier alpha value is -3.45. The highest BCUT2D eigenvalue weighted by Gasteiger charge is 2.11. The molecule has 28 heavy (non-hydrogen) atoms. The highest BCUT2D eigenvalue weighted by atomic mass is 35.5. The van der Waals surface area contributed by atoms with Crippen LogP contribution in [0.15, 0.2) is 59.7 Å². The molecule has 3 rings (SSSR count). The number of hydrogen-bond donors (Lipinski definition) is 1. The van der Waals surface area contributed by atoms with Gasteiger partial charge in [0.05, 0.1) is 11.1 Å². The number of halogens is 1. The number of aryl methyl sites for hydroxylation is 2. The van der Waals surface area contributed by atoms with E-state index >= 15 is 0 Å². The average Bonchev–Trinajstić information content (AvgIpc) is 3.00. The molecule has 0 spiro atoms. The maximum Gasteiger partial charge on any atom is 0.287 e. The van der Waals surface area contributed by atoms with Crippen molar-refractivity contribution in [1.82, 2.24) is 9.99 Å². The third-order valence-electron chi connectivity index (χ3n) is 4.21. The fourth-order valence-electron chi connectivity index (χ4n) is 2.82. The zero-order chi connectivity index (χ0) is 20.3. The number of nitrogens with zero attached hydrogens (tertiary/aromatic N) is 3. The summed E-state index contributed by atoms with van der Waals surface area (Å²) in [6, 6.07) is 15.5. The van der Waals surface area contributed by atoms with Gasteiger partial charge in [0.2, 0.25) is 0 Å². The van der Waals surface area contributed by atoms with E-state index in [4.69, 9.17) is 11.6 Å². The lowest BCUT2D eigenvalue weighted by Gasteiger charge is -2.10. The van der Waals surface area contributed by atoms with Crippen LogP contribution in [0, 0.1) is 24.0 Å². The van der Waals surface area contributed by atoms with Crippen LogP contribution < -0.4 is 5.43 Å². The smallest absolute Gasteiger partial charge is 0.287 e. The van der Waals surface area contributed by atoms with E-state index in [9.17, 15) is 14.9 Å². The highest BCUT2D eigenvalue weighted by molar-refractivity contribution is 6.32. The number of nitro benzene ring substituents is 1. The second kappa shape index (κ2) is 8.06. The van der Waals surface area contributed by atoms with Crippen LogP contribution in [-0.2, 0) is 0 Å². The lowest BCUT2D eigenvalue weighted by Crippen LogP contribution is -2.17. The summed E-state index contributed by atoms with van der Waals surface area (Å²) < 4.78 is 2.10. The van der Waals surface area contributed by atoms with Crippen LogP contribution >= 0.6 is 11.6 Å². The molecular formula is C20H17ClN4O3. The van der Waals surface area contributed by atoms with Gasteiger partial charge in [0, 0.05) is 28.7 Å². The molecular weight excluding hydrogens is 380 g/mol. The van der Waals surface area contributed by atoms with Gasteiger partial charge in [-0.3, -0.25) is 14.9 Å². The molecule has 7 nitrogen and oxygen atoms in total. The summed E-state index contributed by atoms with van der Waals surface area (Å²) in [6.45, 7) is 4.04. The van der Waals surface area contributed by atoms with Crippen molar-refractivity contribution in [3.8, 4) is 5.69 Å². The van der Waals surface area contributed by atoms with Gasteiger partial charge in [0.15, 0.2) is 0 Å². The number of carbonyl (C=O) groups is 1. The minimum absolute atomic E-state index is 0.00599. The van der Waals surface area contributed by atoms with Crippen LogP contribution in [0.4, 0.5) is 5.69 Å². The van der Waals surface area contributed by atoms with Gasteiger partial charge in [-0.25, -0.2) is 5.43 Å². The molecule has 142 valence electrons. The SMILES string of the molecule is Cc1ccc(C)n1-c1ccc(C(=O)NN=Cc2ccc([N+](=O)[O-])c(Cl)c2)cc1. The molecule has 0 aliphatic heterocycles. The first kappa shape index (κ1) is 19.3. The van der Waals surface area contributed by atoms with E-state index in [1.54, 1.807) is 12.1 Å². The quantitative estimate of drug-likeness (QED) is 0.393. The molecule has 0 atom stereocenters. The van der Waals surface area contributed by atoms with Crippen molar-refractivity contribution in [3.05, 3.63) is 92.2 Å². The number of nitro groups is 1. The minimum atomic E-state index is -0.564. The molecule has 0 saturated heterocycles.